The fourth-order valence-electron chi connectivity index (χ4n) is 5.57. The molecule has 0 bridgehead atoms. The van der Waals surface area contributed by atoms with Crippen molar-refractivity contribution in [2.75, 3.05) is 0 Å². The van der Waals surface area contributed by atoms with Crippen LogP contribution in [0, 0.1) is 0 Å². The molecule has 0 saturated heterocycles. The fourth-order valence-corrected chi connectivity index (χ4v) is 11.5. The molecule has 7 aromatic rings. The third-order valence-corrected chi connectivity index (χ3v) is 14.5. The Balaban J connectivity index is 0.000000179. The standard InChI is InChI=1S/2C18H15P.C8H9F3O2S.Cu/c2*1-4-10-16(11-5-1)19(17-12-6-2-7-13-17)18-14-8-3-9-15-18;9-8(10,11)7(13)4-5(12)6-2-1-3-14-6;/h2*1-15H;1-3,5,7,12-13H,4H2;/p+2. The van der Waals surface area contributed by atoms with Gasteiger partial charge in [-0.3, -0.25) is 0 Å². The molecule has 2 N–H and O–H groups in total. The molecule has 2 unspecified atom stereocenters. The molecule has 7 rings (SSSR count). The maximum absolute atomic E-state index is 11.9. The number of thiophene rings is 1. The summed E-state index contributed by atoms with van der Waals surface area (Å²) in [5, 5.41) is 28.2. The van der Waals surface area contributed by atoms with Crippen LogP contribution < -0.4 is 31.8 Å². The molecule has 0 fully saturated rings. The van der Waals surface area contributed by atoms with Crippen molar-refractivity contribution in [3.8, 4) is 0 Å². The van der Waals surface area contributed by atoms with E-state index in [9.17, 15) is 18.3 Å². The van der Waals surface area contributed by atoms with Crippen LogP contribution in [0.3, 0.4) is 0 Å². The van der Waals surface area contributed by atoms with Crippen LogP contribution in [0.1, 0.15) is 17.4 Å². The average molecular weight is 816 g/mol. The van der Waals surface area contributed by atoms with Crippen LogP contribution in [-0.2, 0) is 17.1 Å². The van der Waals surface area contributed by atoms with Crippen LogP contribution in [0.25, 0.3) is 0 Å². The van der Waals surface area contributed by atoms with Gasteiger partial charge in [-0.1, -0.05) is 115 Å². The third kappa shape index (κ3) is 12.9. The van der Waals surface area contributed by atoms with Gasteiger partial charge < -0.3 is 10.2 Å². The Kier molecular flexibility index (Phi) is 17.2. The first-order valence-electron chi connectivity index (χ1n) is 16.8. The first kappa shape index (κ1) is 41.9. The molecule has 1 radical (unpaired) electrons. The van der Waals surface area contributed by atoms with E-state index in [1.165, 1.54) is 37.9 Å². The third-order valence-electron chi connectivity index (χ3n) is 8.07. The van der Waals surface area contributed by atoms with Gasteiger partial charge in [0.25, 0.3) is 0 Å². The smallest absolute Gasteiger partial charge is 0.387 e. The SMILES string of the molecule is OC(CC(O)C(F)(F)F)c1cccs1.[Cu].c1ccc([PH+](c2ccccc2)c2ccccc2)cc1.c1ccc([PH+](c2ccccc2)c2ccccc2)cc1. The van der Waals surface area contributed by atoms with Gasteiger partial charge in [0.05, 0.1) is 21.9 Å². The molecule has 275 valence electrons. The van der Waals surface area contributed by atoms with Gasteiger partial charge in [0.15, 0.2) is 6.10 Å². The van der Waals surface area contributed by atoms with Crippen LogP contribution in [0.4, 0.5) is 13.2 Å². The molecular formula is C44H41CuF3O2P2S+2. The zero-order valence-electron chi connectivity index (χ0n) is 28.7. The number of rotatable bonds is 9. The molecule has 0 amide bonds. The Morgan fingerprint density at radius 1 is 0.434 bits per heavy atom. The van der Waals surface area contributed by atoms with Gasteiger partial charge in [-0.2, -0.15) is 13.2 Å². The second-order valence-corrected chi connectivity index (χ2v) is 17.7. The van der Waals surface area contributed by atoms with Gasteiger partial charge in [0.1, 0.15) is 31.8 Å². The molecular weight excluding hydrogens is 775 g/mol. The topological polar surface area (TPSA) is 40.5 Å². The summed E-state index contributed by atoms with van der Waals surface area (Å²) in [4.78, 5) is 0.424. The molecule has 0 aliphatic rings. The number of aliphatic hydroxyl groups is 2. The van der Waals surface area contributed by atoms with Crippen molar-refractivity contribution < 1.29 is 40.5 Å². The molecule has 0 spiro atoms. The van der Waals surface area contributed by atoms with E-state index in [1.807, 2.05) is 0 Å². The Morgan fingerprint density at radius 2 is 0.698 bits per heavy atom. The van der Waals surface area contributed by atoms with Crippen LogP contribution in [0.15, 0.2) is 200 Å². The van der Waals surface area contributed by atoms with E-state index in [4.69, 9.17) is 5.11 Å². The summed E-state index contributed by atoms with van der Waals surface area (Å²) in [7, 11) is -1.75. The van der Waals surface area contributed by atoms with Gasteiger partial charge in [-0.15, -0.1) is 11.3 Å². The molecule has 2 atom stereocenters. The van der Waals surface area contributed by atoms with Crippen molar-refractivity contribution in [1.29, 1.82) is 0 Å². The van der Waals surface area contributed by atoms with Crippen molar-refractivity contribution >= 4 is 59.0 Å². The molecule has 0 aliphatic heterocycles. The van der Waals surface area contributed by atoms with E-state index in [-0.39, 0.29) is 17.1 Å². The van der Waals surface area contributed by atoms with Gasteiger partial charge >= 0.3 is 6.18 Å². The van der Waals surface area contributed by atoms with E-state index >= 15 is 0 Å². The second kappa shape index (κ2) is 21.7. The molecule has 1 heterocycles. The second-order valence-electron chi connectivity index (χ2n) is 11.8. The first-order chi connectivity index (χ1) is 25.3. The van der Waals surface area contributed by atoms with Crippen molar-refractivity contribution in [2.45, 2.75) is 24.8 Å². The number of aliphatic hydroxyl groups excluding tert-OH is 2. The van der Waals surface area contributed by atoms with Crippen LogP contribution in [0.5, 0.6) is 0 Å². The molecule has 6 aromatic carbocycles. The molecule has 2 nitrogen and oxygen atoms in total. The van der Waals surface area contributed by atoms with Gasteiger partial charge in [0.2, 0.25) is 0 Å². The van der Waals surface area contributed by atoms with Crippen LogP contribution >= 0.6 is 27.2 Å². The minimum Gasteiger partial charge on any atom is -0.387 e. The molecule has 0 aliphatic carbocycles. The number of hydrogen-bond donors (Lipinski definition) is 2. The van der Waals surface area contributed by atoms with E-state index in [0.29, 0.717) is 4.88 Å². The zero-order chi connectivity index (χ0) is 36.6. The minimum absolute atomic E-state index is 0. The predicted molar refractivity (Wildman–Crippen MR) is 219 cm³/mol. The quantitative estimate of drug-likeness (QED) is 0.114. The maximum atomic E-state index is 11.9. The summed E-state index contributed by atoms with van der Waals surface area (Å²) < 4.78 is 35.7. The van der Waals surface area contributed by atoms with E-state index in [1.54, 1.807) is 11.4 Å². The number of alkyl halides is 3. The Hall–Kier alpha value is -3.89. The van der Waals surface area contributed by atoms with E-state index in [2.05, 4.69) is 182 Å². The summed E-state index contributed by atoms with van der Waals surface area (Å²) >= 11 is 1.16. The van der Waals surface area contributed by atoms with Crippen molar-refractivity contribution in [3.63, 3.8) is 0 Å². The minimum atomic E-state index is -4.67. The number of halogens is 3. The van der Waals surface area contributed by atoms with Gasteiger partial charge in [-0.05, 0) is 84.2 Å². The van der Waals surface area contributed by atoms with Crippen LogP contribution in [0.2, 0.25) is 0 Å². The Morgan fingerprint density at radius 3 is 0.906 bits per heavy atom. The van der Waals surface area contributed by atoms with Gasteiger partial charge in [0, 0.05) is 28.4 Å². The number of benzene rings is 6. The van der Waals surface area contributed by atoms with Crippen LogP contribution in [-0.4, -0.2) is 22.5 Å². The molecule has 53 heavy (non-hydrogen) atoms. The Labute approximate surface area is 327 Å². The monoisotopic (exact) mass is 815 g/mol. The zero-order valence-corrected chi connectivity index (χ0v) is 32.4. The van der Waals surface area contributed by atoms with Gasteiger partial charge in [-0.25, -0.2) is 0 Å². The summed E-state index contributed by atoms with van der Waals surface area (Å²) in [6.45, 7) is 0. The summed E-state index contributed by atoms with van der Waals surface area (Å²) in [5.41, 5.74) is 0. The molecule has 1 aromatic heterocycles. The predicted octanol–water partition coefficient (Wildman–Crippen LogP) is 8.45. The summed E-state index contributed by atoms with van der Waals surface area (Å²) in [6.07, 6.45) is -9.12. The largest absolute Gasteiger partial charge is 0.414 e. The normalized spacial score (nSPS) is 12.0. The summed E-state index contributed by atoms with van der Waals surface area (Å²) in [6, 6.07) is 68.2. The summed E-state index contributed by atoms with van der Waals surface area (Å²) in [5.74, 6) is 0. The molecule has 0 saturated carbocycles. The Bertz CT molecular complexity index is 1670. The molecule has 9 heteroatoms. The van der Waals surface area contributed by atoms with Crippen molar-refractivity contribution in [1.82, 2.24) is 0 Å². The first-order valence-corrected chi connectivity index (χ1v) is 20.7. The van der Waals surface area contributed by atoms with Crippen molar-refractivity contribution in [2.24, 2.45) is 0 Å². The fraction of sp³-hybridized carbons (Fsp3) is 0.0909. The average Bonchev–Trinajstić information content (AvgIpc) is 3.74. The number of hydrogen-bond acceptors (Lipinski definition) is 3. The maximum Gasteiger partial charge on any atom is 0.414 e. The van der Waals surface area contributed by atoms with Crippen molar-refractivity contribution in [3.05, 3.63) is 204 Å². The van der Waals surface area contributed by atoms with E-state index in [0.717, 1.165) is 11.3 Å². The van der Waals surface area contributed by atoms with E-state index < -0.39 is 40.6 Å².